The summed E-state index contributed by atoms with van der Waals surface area (Å²) in [5, 5.41) is 10.4. The summed E-state index contributed by atoms with van der Waals surface area (Å²) >= 11 is 1.39. The molecule has 0 bridgehead atoms. The number of thioether (sulfide) groups is 1. The van der Waals surface area contributed by atoms with Crippen molar-refractivity contribution in [2.45, 2.75) is 17.1 Å². The van der Waals surface area contributed by atoms with Gasteiger partial charge >= 0.3 is 0 Å². The second-order valence-corrected chi connectivity index (χ2v) is 12.4. The zero-order valence-electron chi connectivity index (χ0n) is 26.2. The molecule has 0 radical (unpaired) electrons. The number of aryl methyl sites for hydroxylation is 1. The lowest BCUT2D eigenvalue weighted by Gasteiger charge is -2.18. The van der Waals surface area contributed by atoms with Crippen LogP contribution in [0.2, 0.25) is 0 Å². The second kappa shape index (κ2) is 15.1. The van der Waals surface area contributed by atoms with Gasteiger partial charge in [0, 0.05) is 21.8 Å². The van der Waals surface area contributed by atoms with E-state index in [-0.39, 0.29) is 11.6 Å². The molecule has 0 aliphatic heterocycles. The van der Waals surface area contributed by atoms with Crippen LogP contribution in [0.4, 0.5) is 11.4 Å². The Bertz CT molecular complexity index is 2110. The molecule has 6 rings (SSSR count). The Kier molecular flexibility index (Phi) is 10.1. The molecule has 1 unspecified atom stereocenters. The molecule has 1 atom stereocenters. The zero-order valence-corrected chi connectivity index (χ0v) is 27.0. The van der Waals surface area contributed by atoms with Crippen LogP contribution in [0.25, 0.3) is 16.8 Å². The standard InChI is InChI=1S/C41H33N3O3S/c1-28-13-8-9-19-32(28)26-37(44-39(45)31-17-6-3-7-18-31)40(46)42-34-21-12-22-36(27-34)48-38(30-15-4-2-5-16-30)41(47)43-35-24-23-29-14-10-11-20-33(29)25-35/h2-27,38H,1H3,(H,42,46)(H,43,47)(H,44,45)/b37-26-. The summed E-state index contributed by atoms with van der Waals surface area (Å²) in [5.74, 6) is -1.03. The van der Waals surface area contributed by atoms with E-state index in [1.807, 2.05) is 128 Å². The lowest BCUT2D eigenvalue weighted by Crippen LogP contribution is -2.30. The van der Waals surface area contributed by atoms with E-state index in [0.717, 1.165) is 32.4 Å². The monoisotopic (exact) mass is 647 g/mol. The van der Waals surface area contributed by atoms with Gasteiger partial charge < -0.3 is 16.0 Å². The van der Waals surface area contributed by atoms with Crippen LogP contribution in [-0.4, -0.2) is 17.7 Å². The molecule has 0 saturated heterocycles. The first-order chi connectivity index (χ1) is 23.4. The van der Waals surface area contributed by atoms with Crippen LogP contribution in [0.15, 0.2) is 162 Å². The Labute approximate surface area is 283 Å². The Balaban J connectivity index is 1.23. The van der Waals surface area contributed by atoms with Crippen LogP contribution in [0.5, 0.6) is 0 Å². The van der Waals surface area contributed by atoms with Crippen LogP contribution < -0.4 is 16.0 Å². The summed E-state index contributed by atoms with van der Waals surface area (Å²) in [7, 11) is 0. The van der Waals surface area contributed by atoms with E-state index >= 15 is 0 Å². The average molecular weight is 648 g/mol. The molecule has 48 heavy (non-hydrogen) atoms. The minimum Gasteiger partial charge on any atom is -0.325 e. The molecule has 6 aromatic rings. The van der Waals surface area contributed by atoms with Gasteiger partial charge in [0.2, 0.25) is 5.91 Å². The molecule has 0 spiro atoms. The Morgan fingerprint density at radius 3 is 2.06 bits per heavy atom. The maximum absolute atomic E-state index is 13.8. The largest absolute Gasteiger partial charge is 0.325 e. The minimum atomic E-state index is -0.565. The van der Waals surface area contributed by atoms with Crippen molar-refractivity contribution >= 4 is 57.7 Å². The summed E-state index contributed by atoms with van der Waals surface area (Å²) < 4.78 is 0. The lowest BCUT2D eigenvalue weighted by molar-refractivity contribution is -0.116. The summed E-state index contributed by atoms with van der Waals surface area (Å²) in [6, 6.07) is 47.2. The number of hydrogen-bond donors (Lipinski definition) is 3. The van der Waals surface area contributed by atoms with Gasteiger partial charge in [0.25, 0.3) is 11.8 Å². The quantitative estimate of drug-likeness (QED) is 0.102. The predicted molar refractivity (Wildman–Crippen MR) is 196 cm³/mol. The van der Waals surface area contributed by atoms with Gasteiger partial charge in [-0.1, -0.05) is 109 Å². The third-order valence-corrected chi connectivity index (χ3v) is 8.97. The molecule has 3 amide bonds. The van der Waals surface area contributed by atoms with E-state index in [9.17, 15) is 14.4 Å². The van der Waals surface area contributed by atoms with Gasteiger partial charge in [-0.05, 0) is 82.9 Å². The highest BCUT2D eigenvalue weighted by Crippen LogP contribution is 2.37. The third kappa shape index (κ3) is 8.07. The van der Waals surface area contributed by atoms with E-state index in [0.29, 0.717) is 16.9 Å². The first-order valence-electron chi connectivity index (χ1n) is 15.5. The smallest absolute Gasteiger partial charge is 0.272 e. The summed E-state index contributed by atoms with van der Waals surface area (Å²) in [4.78, 5) is 41.3. The van der Waals surface area contributed by atoms with Crippen molar-refractivity contribution in [3.63, 3.8) is 0 Å². The van der Waals surface area contributed by atoms with E-state index < -0.39 is 17.1 Å². The molecule has 0 fully saturated rings. The number of benzene rings is 6. The topological polar surface area (TPSA) is 87.3 Å². The van der Waals surface area contributed by atoms with Crippen molar-refractivity contribution in [1.82, 2.24) is 5.32 Å². The van der Waals surface area contributed by atoms with Gasteiger partial charge in [0.1, 0.15) is 10.9 Å². The number of hydrogen-bond acceptors (Lipinski definition) is 4. The van der Waals surface area contributed by atoms with Gasteiger partial charge in [0.15, 0.2) is 0 Å². The van der Waals surface area contributed by atoms with Gasteiger partial charge in [0.05, 0.1) is 0 Å². The molecule has 236 valence electrons. The van der Waals surface area contributed by atoms with Crippen LogP contribution in [0.1, 0.15) is 32.3 Å². The maximum Gasteiger partial charge on any atom is 0.272 e. The van der Waals surface area contributed by atoms with Gasteiger partial charge in [-0.15, -0.1) is 11.8 Å². The van der Waals surface area contributed by atoms with Crippen LogP contribution in [-0.2, 0) is 9.59 Å². The molecular weight excluding hydrogens is 615 g/mol. The Hall–Kier alpha value is -5.92. The van der Waals surface area contributed by atoms with E-state index in [4.69, 9.17) is 0 Å². The lowest BCUT2D eigenvalue weighted by atomic mass is 10.1. The van der Waals surface area contributed by atoms with Gasteiger partial charge in [-0.3, -0.25) is 14.4 Å². The summed E-state index contributed by atoms with van der Waals surface area (Å²) in [5.41, 5.74) is 4.40. The fraction of sp³-hybridized carbons (Fsp3) is 0.0488. The normalized spacial score (nSPS) is 11.8. The Morgan fingerprint density at radius 2 is 1.29 bits per heavy atom. The fourth-order valence-electron chi connectivity index (χ4n) is 5.20. The number of rotatable bonds is 10. The molecule has 6 aromatic carbocycles. The fourth-order valence-corrected chi connectivity index (χ4v) is 6.29. The number of amides is 3. The second-order valence-electron chi connectivity index (χ2n) is 11.2. The van der Waals surface area contributed by atoms with Crippen molar-refractivity contribution in [2.75, 3.05) is 10.6 Å². The average Bonchev–Trinajstić information content (AvgIpc) is 3.12. The van der Waals surface area contributed by atoms with E-state index in [2.05, 4.69) is 16.0 Å². The van der Waals surface area contributed by atoms with Crippen molar-refractivity contribution in [1.29, 1.82) is 0 Å². The van der Waals surface area contributed by atoms with Crippen molar-refractivity contribution in [2.24, 2.45) is 0 Å². The van der Waals surface area contributed by atoms with Crippen LogP contribution in [0, 0.1) is 6.92 Å². The van der Waals surface area contributed by atoms with Gasteiger partial charge in [-0.25, -0.2) is 0 Å². The molecule has 3 N–H and O–H groups in total. The van der Waals surface area contributed by atoms with Gasteiger partial charge in [-0.2, -0.15) is 0 Å². The summed E-state index contributed by atoms with van der Waals surface area (Å²) in [6.45, 7) is 1.94. The molecular formula is C41H33N3O3S. The van der Waals surface area contributed by atoms with Crippen LogP contribution >= 0.6 is 11.8 Å². The molecule has 7 heteroatoms. The zero-order chi connectivity index (χ0) is 33.3. The maximum atomic E-state index is 13.8. The van der Waals surface area contributed by atoms with Crippen molar-refractivity contribution < 1.29 is 14.4 Å². The predicted octanol–water partition coefficient (Wildman–Crippen LogP) is 9.03. The van der Waals surface area contributed by atoms with Crippen LogP contribution in [0.3, 0.4) is 0 Å². The number of fused-ring (bicyclic) bond motifs is 1. The number of nitrogens with one attached hydrogen (secondary N) is 3. The minimum absolute atomic E-state index is 0.105. The molecule has 0 aromatic heterocycles. The molecule has 0 saturated carbocycles. The third-order valence-electron chi connectivity index (χ3n) is 7.72. The molecule has 6 nitrogen and oxygen atoms in total. The Morgan fingerprint density at radius 1 is 0.625 bits per heavy atom. The van der Waals surface area contributed by atoms with Crippen molar-refractivity contribution in [3.8, 4) is 0 Å². The highest BCUT2D eigenvalue weighted by atomic mass is 32.2. The van der Waals surface area contributed by atoms with E-state index in [1.54, 1.807) is 36.4 Å². The SMILES string of the molecule is Cc1ccccc1/C=C(\NC(=O)c1ccccc1)C(=O)Nc1cccc(SC(C(=O)Nc2ccc3ccccc3c2)c2ccccc2)c1. The summed E-state index contributed by atoms with van der Waals surface area (Å²) in [6.07, 6.45) is 1.67. The first kappa shape index (κ1) is 32.0. The number of anilines is 2. The molecule has 0 aliphatic rings. The highest BCUT2D eigenvalue weighted by Gasteiger charge is 2.23. The first-order valence-corrected chi connectivity index (χ1v) is 16.4. The highest BCUT2D eigenvalue weighted by molar-refractivity contribution is 8.00. The number of carbonyl (C=O) groups is 3. The van der Waals surface area contributed by atoms with Crippen molar-refractivity contribution in [3.05, 3.63) is 180 Å². The van der Waals surface area contributed by atoms with E-state index in [1.165, 1.54) is 11.8 Å². The number of carbonyl (C=O) groups excluding carboxylic acids is 3. The molecule has 0 heterocycles. The molecule has 0 aliphatic carbocycles.